The van der Waals surface area contributed by atoms with Crippen LogP contribution in [0.5, 0.6) is 0 Å². The summed E-state index contributed by atoms with van der Waals surface area (Å²) in [6, 6.07) is 2.85. The molecule has 0 radical (unpaired) electrons. The van der Waals surface area contributed by atoms with Gasteiger partial charge in [-0.1, -0.05) is 6.92 Å². The third kappa shape index (κ3) is 2.13. The second-order valence-corrected chi connectivity index (χ2v) is 4.46. The number of nitrogens with zero attached hydrogens (tertiary/aromatic N) is 1. The number of aryl methyl sites for hydroxylation is 1. The maximum absolute atomic E-state index is 4.09. The normalized spacial score (nSPS) is 25.9. The highest BCUT2D eigenvalue weighted by Crippen LogP contribution is 2.26. The highest BCUT2D eigenvalue weighted by molar-refractivity contribution is 5.21. The van der Waals surface area contributed by atoms with E-state index >= 15 is 0 Å². The van der Waals surface area contributed by atoms with Crippen molar-refractivity contribution in [1.29, 1.82) is 0 Å². The van der Waals surface area contributed by atoms with Gasteiger partial charge in [0.15, 0.2) is 0 Å². The molecule has 14 heavy (non-hydrogen) atoms. The average molecular weight is 190 g/mol. The lowest BCUT2D eigenvalue weighted by molar-refractivity contribution is 0.240. The summed E-state index contributed by atoms with van der Waals surface area (Å²) in [5.41, 5.74) is 2.66. The van der Waals surface area contributed by atoms with Crippen molar-refractivity contribution in [2.45, 2.75) is 39.3 Å². The van der Waals surface area contributed by atoms with Crippen LogP contribution in [-0.4, -0.2) is 11.0 Å². The van der Waals surface area contributed by atoms with Crippen LogP contribution >= 0.6 is 0 Å². The molecule has 0 aromatic carbocycles. The molecule has 0 unspecified atom stereocenters. The summed E-state index contributed by atoms with van der Waals surface area (Å²) >= 11 is 0. The Kier molecular flexibility index (Phi) is 2.82. The molecular formula is C12H18N2. The standard InChI is InChI=1S/C12H18N2/c1-9-5-12(6-9)14-8-11-3-4-13-7-10(11)2/h3-4,7,9,12,14H,5-6,8H2,1-2H3. The quantitative estimate of drug-likeness (QED) is 0.791. The van der Waals surface area contributed by atoms with Crippen molar-refractivity contribution >= 4 is 0 Å². The zero-order valence-corrected chi connectivity index (χ0v) is 8.96. The van der Waals surface area contributed by atoms with Crippen LogP contribution in [0.1, 0.15) is 30.9 Å². The topological polar surface area (TPSA) is 24.9 Å². The minimum absolute atomic E-state index is 0.748. The molecule has 1 aliphatic rings. The largest absolute Gasteiger partial charge is 0.310 e. The molecule has 2 nitrogen and oxygen atoms in total. The van der Waals surface area contributed by atoms with Crippen molar-refractivity contribution in [1.82, 2.24) is 10.3 Å². The SMILES string of the molecule is Cc1cnccc1CNC1CC(C)C1. The van der Waals surface area contributed by atoms with Gasteiger partial charge < -0.3 is 5.32 Å². The average Bonchev–Trinajstić information content (AvgIpc) is 2.13. The highest BCUT2D eigenvalue weighted by Gasteiger charge is 2.24. The fourth-order valence-corrected chi connectivity index (χ4v) is 2.02. The van der Waals surface area contributed by atoms with Gasteiger partial charge in [0.2, 0.25) is 0 Å². The molecule has 2 heteroatoms. The van der Waals surface area contributed by atoms with Crippen molar-refractivity contribution in [3.63, 3.8) is 0 Å². The summed E-state index contributed by atoms with van der Waals surface area (Å²) < 4.78 is 0. The molecule has 1 saturated carbocycles. The van der Waals surface area contributed by atoms with Gasteiger partial charge in [0.05, 0.1) is 0 Å². The van der Waals surface area contributed by atoms with Crippen molar-refractivity contribution in [3.05, 3.63) is 29.6 Å². The van der Waals surface area contributed by atoms with E-state index in [1.165, 1.54) is 24.0 Å². The minimum atomic E-state index is 0.748. The van der Waals surface area contributed by atoms with Crippen molar-refractivity contribution in [2.24, 2.45) is 5.92 Å². The zero-order chi connectivity index (χ0) is 9.97. The van der Waals surface area contributed by atoms with E-state index in [-0.39, 0.29) is 0 Å². The van der Waals surface area contributed by atoms with Crippen LogP contribution in [0.3, 0.4) is 0 Å². The van der Waals surface area contributed by atoms with Crippen LogP contribution in [0, 0.1) is 12.8 Å². The lowest BCUT2D eigenvalue weighted by Crippen LogP contribution is -2.39. The Morgan fingerprint density at radius 2 is 2.29 bits per heavy atom. The highest BCUT2D eigenvalue weighted by atomic mass is 14.9. The molecule has 1 fully saturated rings. The van der Waals surface area contributed by atoms with Gasteiger partial charge in [0, 0.05) is 25.0 Å². The summed E-state index contributed by atoms with van der Waals surface area (Å²) in [6.45, 7) is 5.43. The molecule has 1 aromatic rings. The van der Waals surface area contributed by atoms with Gasteiger partial charge in [-0.2, -0.15) is 0 Å². The molecule has 0 bridgehead atoms. The summed E-state index contributed by atoms with van der Waals surface area (Å²) in [4.78, 5) is 4.09. The van der Waals surface area contributed by atoms with Crippen LogP contribution in [-0.2, 0) is 6.54 Å². The first-order valence-corrected chi connectivity index (χ1v) is 5.38. The second-order valence-electron chi connectivity index (χ2n) is 4.46. The summed E-state index contributed by atoms with van der Waals surface area (Å²) in [5.74, 6) is 0.922. The van der Waals surface area contributed by atoms with E-state index in [4.69, 9.17) is 0 Å². The Balaban J connectivity index is 1.83. The number of rotatable bonds is 3. The van der Waals surface area contributed by atoms with Gasteiger partial charge in [-0.25, -0.2) is 0 Å². The summed E-state index contributed by atoms with van der Waals surface area (Å²) in [6.07, 6.45) is 6.47. The van der Waals surface area contributed by atoms with Crippen molar-refractivity contribution in [3.8, 4) is 0 Å². The zero-order valence-electron chi connectivity index (χ0n) is 8.96. The Morgan fingerprint density at radius 3 is 2.93 bits per heavy atom. The Bertz CT molecular complexity index is 303. The fraction of sp³-hybridized carbons (Fsp3) is 0.583. The predicted octanol–water partition coefficient (Wildman–Crippen LogP) is 2.28. The van der Waals surface area contributed by atoms with E-state index in [9.17, 15) is 0 Å². The molecule has 76 valence electrons. The van der Waals surface area contributed by atoms with Crippen LogP contribution in [0.25, 0.3) is 0 Å². The van der Waals surface area contributed by atoms with Gasteiger partial charge in [-0.05, 0) is 42.9 Å². The Hall–Kier alpha value is -0.890. The monoisotopic (exact) mass is 190 g/mol. The number of pyridine rings is 1. The second kappa shape index (κ2) is 4.09. The first-order valence-electron chi connectivity index (χ1n) is 5.38. The fourth-order valence-electron chi connectivity index (χ4n) is 2.02. The molecule has 0 amide bonds. The molecule has 1 aromatic heterocycles. The van der Waals surface area contributed by atoms with Crippen molar-refractivity contribution < 1.29 is 0 Å². The van der Waals surface area contributed by atoms with Gasteiger partial charge >= 0.3 is 0 Å². The molecule has 0 atom stereocenters. The lowest BCUT2D eigenvalue weighted by atomic mass is 9.82. The van der Waals surface area contributed by atoms with Gasteiger partial charge in [-0.3, -0.25) is 4.98 Å². The van der Waals surface area contributed by atoms with Crippen LogP contribution in [0.4, 0.5) is 0 Å². The Morgan fingerprint density at radius 1 is 1.50 bits per heavy atom. The third-order valence-corrected chi connectivity index (χ3v) is 3.09. The van der Waals surface area contributed by atoms with Crippen LogP contribution in [0.2, 0.25) is 0 Å². The van der Waals surface area contributed by atoms with E-state index in [2.05, 4.69) is 30.2 Å². The minimum Gasteiger partial charge on any atom is -0.310 e. The number of hydrogen-bond donors (Lipinski definition) is 1. The molecular weight excluding hydrogens is 172 g/mol. The van der Waals surface area contributed by atoms with Gasteiger partial charge in [0.25, 0.3) is 0 Å². The smallest absolute Gasteiger partial charge is 0.0300 e. The molecule has 0 aliphatic heterocycles. The molecule has 1 N–H and O–H groups in total. The number of nitrogens with one attached hydrogen (secondary N) is 1. The molecule has 1 aliphatic carbocycles. The van der Waals surface area contributed by atoms with E-state index in [1.807, 2.05) is 12.4 Å². The maximum Gasteiger partial charge on any atom is 0.0300 e. The van der Waals surface area contributed by atoms with Gasteiger partial charge in [-0.15, -0.1) is 0 Å². The first kappa shape index (κ1) is 9.66. The van der Waals surface area contributed by atoms with E-state index in [0.29, 0.717) is 0 Å². The predicted molar refractivity (Wildman–Crippen MR) is 58.0 cm³/mol. The Labute approximate surface area is 85.7 Å². The molecule has 0 saturated heterocycles. The van der Waals surface area contributed by atoms with Crippen LogP contribution < -0.4 is 5.32 Å². The first-order chi connectivity index (χ1) is 6.75. The molecule has 0 spiro atoms. The third-order valence-electron chi connectivity index (χ3n) is 3.09. The van der Waals surface area contributed by atoms with Crippen LogP contribution in [0.15, 0.2) is 18.5 Å². The summed E-state index contributed by atoms with van der Waals surface area (Å²) in [7, 11) is 0. The number of aromatic nitrogens is 1. The van der Waals surface area contributed by atoms with E-state index in [1.54, 1.807) is 0 Å². The lowest BCUT2D eigenvalue weighted by Gasteiger charge is -2.33. The molecule has 1 heterocycles. The van der Waals surface area contributed by atoms with Crippen molar-refractivity contribution in [2.75, 3.05) is 0 Å². The summed E-state index contributed by atoms with van der Waals surface area (Å²) in [5, 5.41) is 3.58. The molecule has 2 rings (SSSR count). The van der Waals surface area contributed by atoms with Gasteiger partial charge in [0.1, 0.15) is 0 Å². The number of hydrogen-bond acceptors (Lipinski definition) is 2. The van der Waals surface area contributed by atoms with E-state index in [0.717, 1.165) is 18.5 Å². The maximum atomic E-state index is 4.09. The van der Waals surface area contributed by atoms with E-state index < -0.39 is 0 Å².